The maximum absolute atomic E-state index is 5.78. The fourth-order valence-corrected chi connectivity index (χ4v) is 1.84. The van der Waals surface area contributed by atoms with E-state index in [4.69, 9.17) is 20.8 Å². The van der Waals surface area contributed by atoms with Gasteiger partial charge >= 0.3 is 0 Å². The third kappa shape index (κ3) is 2.44. The Morgan fingerprint density at radius 3 is 2.76 bits per heavy atom. The van der Waals surface area contributed by atoms with Gasteiger partial charge in [-0.2, -0.15) is 0 Å². The molecule has 2 rings (SSSR count). The molecule has 4 heteroatoms. The van der Waals surface area contributed by atoms with Crippen LogP contribution in [0.5, 0.6) is 5.75 Å². The molecule has 17 heavy (non-hydrogen) atoms. The SMILES string of the molecule is CCOc1ccccc1-c1nc(CCl)c(C)o1. The molecule has 0 spiro atoms. The van der Waals surface area contributed by atoms with Crippen LogP contribution in [0, 0.1) is 6.92 Å². The van der Waals surface area contributed by atoms with E-state index in [-0.39, 0.29) is 0 Å². The second kappa shape index (κ2) is 5.23. The number of rotatable bonds is 4. The number of benzene rings is 1. The Morgan fingerprint density at radius 1 is 1.35 bits per heavy atom. The van der Waals surface area contributed by atoms with Crippen LogP contribution in [0.2, 0.25) is 0 Å². The van der Waals surface area contributed by atoms with Crippen LogP contribution in [0.25, 0.3) is 11.5 Å². The molecule has 0 N–H and O–H groups in total. The second-order valence-corrected chi connectivity index (χ2v) is 3.85. The predicted octanol–water partition coefficient (Wildman–Crippen LogP) is 3.79. The third-order valence-electron chi connectivity index (χ3n) is 2.44. The molecule has 1 heterocycles. The topological polar surface area (TPSA) is 35.3 Å². The minimum absolute atomic E-state index is 0.353. The van der Waals surface area contributed by atoms with E-state index in [0.29, 0.717) is 18.4 Å². The third-order valence-corrected chi connectivity index (χ3v) is 2.69. The molecule has 0 bridgehead atoms. The molecule has 2 aromatic rings. The molecule has 0 saturated heterocycles. The van der Waals surface area contributed by atoms with Crippen LogP contribution in [-0.2, 0) is 5.88 Å². The van der Waals surface area contributed by atoms with Crippen LogP contribution in [0.1, 0.15) is 18.4 Å². The molecule has 0 saturated carbocycles. The lowest BCUT2D eigenvalue weighted by Crippen LogP contribution is -1.93. The Balaban J connectivity index is 2.44. The molecule has 1 aromatic carbocycles. The number of halogens is 1. The van der Waals surface area contributed by atoms with E-state index in [0.717, 1.165) is 22.8 Å². The summed E-state index contributed by atoms with van der Waals surface area (Å²) in [5.41, 5.74) is 1.63. The van der Waals surface area contributed by atoms with Gasteiger partial charge < -0.3 is 9.15 Å². The molecule has 0 atom stereocenters. The highest BCUT2D eigenvalue weighted by molar-refractivity contribution is 6.17. The molecule has 1 aromatic heterocycles. The minimum Gasteiger partial charge on any atom is -0.493 e. The predicted molar refractivity (Wildman–Crippen MR) is 67.4 cm³/mol. The Hall–Kier alpha value is -1.48. The van der Waals surface area contributed by atoms with E-state index < -0.39 is 0 Å². The van der Waals surface area contributed by atoms with Crippen molar-refractivity contribution in [3.8, 4) is 17.2 Å². The Bertz CT molecular complexity index is 508. The smallest absolute Gasteiger partial charge is 0.230 e. The normalized spacial score (nSPS) is 10.5. The summed E-state index contributed by atoms with van der Waals surface area (Å²) < 4.78 is 11.1. The number of nitrogens with zero attached hydrogens (tertiary/aromatic N) is 1. The average Bonchev–Trinajstić information content (AvgIpc) is 2.71. The summed E-state index contributed by atoms with van der Waals surface area (Å²) in [4.78, 5) is 4.36. The van der Waals surface area contributed by atoms with E-state index in [2.05, 4.69) is 4.98 Å². The van der Waals surface area contributed by atoms with Crippen molar-refractivity contribution in [1.82, 2.24) is 4.98 Å². The highest BCUT2D eigenvalue weighted by Gasteiger charge is 2.14. The van der Waals surface area contributed by atoms with Crippen molar-refractivity contribution in [2.75, 3.05) is 6.61 Å². The number of ether oxygens (including phenoxy) is 1. The molecule has 0 aliphatic carbocycles. The van der Waals surface area contributed by atoms with E-state index in [9.17, 15) is 0 Å². The summed E-state index contributed by atoms with van der Waals surface area (Å²) in [6.45, 7) is 4.42. The summed E-state index contributed by atoms with van der Waals surface area (Å²) >= 11 is 5.78. The maximum Gasteiger partial charge on any atom is 0.230 e. The maximum atomic E-state index is 5.78. The van der Waals surface area contributed by atoms with Crippen molar-refractivity contribution in [2.24, 2.45) is 0 Å². The van der Waals surface area contributed by atoms with Crippen molar-refractivity contribution < 1.29 is 9.15 Å². The summed E-state index contributed by atoms with van der Waals surface area (Å²) in [6, 6.07) is 7.68. The zero-order valence-corrected chi connectivity index (χ0v) is 10.6. The monoisotopic (exact) mass is 251 g/mol. The molecule has 0 amide bonds. The fraction of sp³-hybridized carbons (Fsp3) is 0.308. The van der Waals surface area contributed by atoms with Crippen LogP contribution in [0.4, 0.5) is 0 Å². The van der Waals surface area contributed by atoms with Gasteiger partial charge in [-0.05, 0) is 26.0 Å². The summed E-state index contributed by atoms with van der Waals surface area (Å²) in [5, 5.41) is 0. The lowest BCUT2D eigenvalue weighted by atomic mass is 10.2. The number of aryl methyl sites for hydroxylation is 1. The van der Waals surface area contributed by atoms with Crippen LogP contribution >= 0.6 is 11.6 Å². The van der Waals surface area contributed by atoms with Gasteiger partial charge in [0.25, 0.3) is 0 Å². The first-order valence-electron chi connectivity index (χ1n) is 5.50. The zero-order chi connectivity index (χ0) is 12.3. The highest BCUT2D eigenvalue weighted by Crippen LogP contribution is 2.30. The van der Waals surface area contributed by atoms with Gasteiger partial charge in [0.1, 0.15) is 11.5 Å². The van der Waals surface area contributed by atoms with Crippen LogP contribution < -0.4 is 4.74 Å². The molecule has 90 valence electrons. The highest BCUT2D eigenvalue weighted by atomic mass is 35.5. The minimum atomic E-state index is 0.353. The number of oxazole rings is 1. The van der Waals surface area contributed by atoms with E-state index in [1.54, 1.807) is 0 Å². The van der Waals surface area contributed by atoms with E-state index in [1.165, 1.54) is 0 Å². The molecule has 3 nitrogen and oxygen atoms in total. The van der Waals surface area contributed by atoms with Gasteiger partial charge in [0.15, 0.2) is 0 Å². The first-order chi connectivity index (χ1) is 8.26. The molecular weight excluding hydrogens is 238 g/mol. The lowest BCUT2D eigenvalue weighted by molar-refractivity contribution is 0.340. The molecule has 0 aliphatic heterocycles. The van der Waals surface area contributed by atoms with E-state index >= 15 is 0 Å². The summed E-state index contributed by atoms with van der Waals surface area (Å²) in [5.74, 6) is 2.44. The number of alkyl halides is 1. The Morgan fingerprint density at radius 2 is 2.12 bits per heavy atom. The van der Waals surface area contributed by atoms with Gasteiger partial charge in [0.2, 0.25) is 5.89 Å². The van der Waals surface area contributed by atoms with Crippen LogP contribution in [0.3, 0.4) is 0 Å². The molecule has 0 aliphatic rings. The van der Waals surface area contributed by atoms with Gasteiger partial charge in [-0.15, -0.1) is 11.6 Å². The van der Waals surface area contributed by atoms with Crippen molar-refractivity contribution in [3.63, 3.8) is 0 Å². The largest absolute Gasteiger partial charge is 0.493 e. The van der Waals surface area contributed by atoms with Gasteiger partial charge in [0.05, 0.1) is 23.7 Å². The van der Waals surface area contributed by atoms with Crippen molar-refractivity contribution >= 4 is 11.6 Å². The van der Waals surface area contributed by atoms with Gasteiger partial charge in [-0.25, -0.2) is 4.98 Å². The molecule has 0 unspecified atom stereocenters. The number of aromatic nitrogens is 1. The number of para-hydroxylation sites is 1. The van der Waals surface area contributed by atoms with Crippen molar-refractivity contribution in [2.45, 2.75) is 19.7 Å². The fourth-order valence-electron chi connectivity index (χ4n) is 1.59. The zero-order valence-electron chi connectivity index (χ0n) is 9.87. The lowest BCUT2D eigenvalue weighted by Gasteiger charge is -2.06. The first-order valence-corrected chi connectivity index (χ1v) is 6.04. The summed E-state index contributed by atoms with van der Waals surface area (Å²) in [6.07, 6.45) is 0. The average molecular weight is 252 g/mol. The molecular formula is C13H14ClNO2. The van der Waals surface area contributed by atoms with Crippen LogP contribution in [0.15, 0.2) is 28.7 Å². The molecule has 0 radical (unpaired) electrons. The second-order valence-electron chi connectivity index (χ2n) is 3.58. The van der Waals surface area contributed by atoms with Gasteiger partial charge in [-0.3, -0.25) is 0 Å². The van der Waals surface area contributed by atoms with Crippen molar-refractivity contribution in [1.29, 1.82) is 0 Å². The molecule has 0 fully saturated rings. The Kier molecular flexibility index (Phi) is 3.69. The van der Waals surface area contributed by atoms with Crippen molar-refractivity contribution in [3.05, 3.63) is 35.7 Å². The van der Waals surface area contributed by atoms with Gasteiger partial charge in [0, 0.05) is 0 Å². The summed E-state index contributed by atoms with van der Waals surface area (Å²) in [7, 11) is 0. The van der Waals surface area contributed by atoms with Crippen LogP contribution in [-0.4, -0.2) is 11.6 Å². The standard InChI is InChI=1S/C13H14ClNO2/c1-3-16-12-7-5-4-6-10(12)13-15-11(8-14)9(2)17-13/h4-7H,3,8H2,1-2H3. The number of hydrogen-bond acceptors (Lipinski definition) is 3. The first kappa shape index (κ1) is 12.0. The quantitative estimate of drug-likeness (QED) is 0.776. The van der Waals surface area contributed by atoms with Gasteiger partial charge in [-0.1, -0.05) is 12.1 Å². The number of hydrogen-bond donors (Lipinski definition) is 0. The Labute approximate surface area is 105 Å². The van der Waals surface area contributed by atoms with E-state index in [1.807, 2.05) is 38.1 Å².